The molecule has 0 rings (SSSR count). The number of carbonyl (C=O) groups excluding carboxylic acids is 1. The monoisotopic (exact) mass is 196 g/mol. The van der Waals surface area contributed by atoms with Gasteiger partial charge in [0.15, 0.2) is 0 Å². The predicted octanol–water partition coefficient (Wildman–Crippen LogP) is 2.18. The van der Waals surface area contributed by atoms with Gasteiger partial charge in [-0.25, -0.2) is 0 Å². The van der Waals surface area contributed by atoms with E-state index in [4.69, 9.17) is 5.26 Å². The van der Waals surface area contributed by atoms with Crippen molar-refractivity contribution in [1.29, 1.82) is 5.26 Å². The molecule has 0 saturated heterocycles. The smallest absolute Gasteiger partial charge is 0.239 e. The zero-order chi connectivity index (χ0) is 11.1. The molecule has 0 bridgehead atoms. The summed E-state index contributed by atoms with van der Waals surface area (Å²) in [7, 11) is 1.78. The van der Waals surface area contributed by atoms with Gasteiger partial charge in [0.05, 0.1) is 6.07 Å². The first-order chi connectivity index (χ1) is 6.58. The zero-order valence-electron chi connectivity index (χ0n) is 9.58. The molecule has 80 valence electrons. The predicted molar refractivity (Wildman–Crippen MR) is 56.5 cm³/mol. The van der Waals surface area contributed by atoms with Gasteiger partial charge in [0.2, 0.25) is 5.91 Å². The van der Waals surface area contributed by atoms with E-state index < -0.39 is 5.92 Å². The molecule has 0 radical (unpaired) electrons. The van der Waals surface area contributed by atoms with Gasteiger partial charge in [0, 0.05) is 13.1 Å². The average molecular weight is 196 g/mol. The largest absolute Gasteiger partial charge is 0.342 e. The highest BCUT2D eigenvalue weighted by atomic mass is 16.2. The van der Waals surface area contributed by atoms with Crippen LogP contribution < -0.4 is 0 Å². The third kappa shape index (κ3) is 3.37. The Morgan fingerprint density at radius 3 is 2.43 bits per heavy atom. The fourth-order valence-electron chi connectivity index (χ4n) is 1.40. The van der Waals surface area contributed by atoms with Crippen LogP contribution in [0.15, 0.2) is 0 Å². The van der Waals surface area contributed by atoms with Crippen LogP contribution in [0.1, 0.15) is 40.0 Å². The summed E-state index contributed by atoms with van der Waals surface area (Å²) in [5.41, 5.74) is 0. The summed E-state index contributed by atoms with van der Waals surface area (Å²) >= 11 is 0. The number of nitrogens with zero attached hydrogens (tertiary/aromatic N) is 2. The lowest BCUT2D eigenvalue weighted by Crippen LogP contribution is -2.38. The fourth-order valence-corrected chi connectivity index (χ4v) is 1.40. The molecule has 0 aromatic carbocycles. The Balaban J connectivity index is 4.31. The van der Waals surface area contributed by atoms with Crippen LogP contribution in [0.4, 0.5) is 0 Å². The van der Waals surface area contributed by atoms with E-state index in [-0.39, 0.29) is 11.9 Å². The number of amides is 1. The van der Waals surface area contributed by atoms with Crippen molar-refractivity contribution in [3.63, 3.8) is 0 Å². The molecule has 0 aliphatic heterocycles. The van der Waals surface area contributed by atoms with Crippen molar-refractivity contribution in [1.82, 2.24) is 4.90 Å². The molecule has 0 saturated carbocycles. The quantitative estimate of drug-likeness (QED) is 0.676. The van der Waals surface area contributed by atoms with Crippen LogP contribution in [0, 0.1) is 17.2 Å². The van der Waals surface area contributed by atoms with Crippen molar-refractivity contribution in [2.45, 2.75) is 46.1 Å². The maximum absolute atomic E-state index is 11.7. The van der Waals surface area contributed by atoms with E-state index in [1.807, 2.05) is 19.9 Å². The van der Waals surface area contributed by atoms with Crippen LogP contribution in [0.5, 0.6) is 0 Å². The second-order valence-electron chi connectivity index (χ2n) is 3.68. The second-order valence-corrected chi connectivity index (χ2v) is 3.68. The summed E-state index contributed by atoms with van der Waals surface area (Å²) in [5.74, 6) is -0.518. The summed E-state index contributed by atoms with van der Waals surface area (Å²) < 4.78 is 0. The van der Waals surface area contributed by atoms with Crippen LogP contribution in [0.3, 0.4) is 0 Å². The van der Waals surface area contributed by atoms with Gasteiger partial charge < -0.3 is 4.90 Å². The van der Waals surface area contributed by atoms with Gasteiger partial charge in [-0.3, -0.25) is 4.79 Å². The number of rotatable bonds is 5. The topological polar surface area (TPSA) is 44.1 Å². The lowest BCUT2D eigenvalue weighted by molar-refractivity contribution is -0.134. The summed E-state index contributed by atoms with van der Waals surface area (Å²) in [4.78, 5) is 13.4. The summed E-state index contributed by atoms with van der Waals surface area (Å²) in [6, 6.07) is 2.27. The first-order valence-corrected chi connectivity index (χ1v) is 5.24. The van der Waals surface area contributed by atoms with Crippen LogP contribution in [0.2, 0.25) is 0 Å². The molecule has 2 unspecified atom stereocenters. The molecule has 2 atom stereocenters. The first kappa shape index (κ1) is 13.0. The molecule has 0 aliphatic rings. The van der Waals surface area contributed by atoms with Crippen molar-refractivity contribution in [2.75, 3.05) is 7.05 Å². The Labute approximate surface area is 86.7 Å². The SMILES string of the molecule is CCCC(C)N(C)C(=O)C(C#N)CC. The lowest BCUT2D eigenvalue weighted by Gasteiger charge is -2.26. The normalized spacial score (nSPS) is 14.2. The summed E-state index contributed by atoms with van der Waals surface area (Å²) in [6.07, 6.45) is 2.64. The standard InChI is InChI=1S/C11H20N2O/c1-5-7-9(3)13(4)11(14)10(6-2)8-12/h9-10H,5-7H2,1-4H3. The molecule has 0 fully saturated rings. The third-order valence-corrected chi connectivity index (χ3v) is 2.58. The van der Waals surface area contributed by atoms with Gasteiger partial charge in [-0.1, -0.05) is 20.3 Å². The average Bonchev–Trinajstić information content (AvgIpc) is 2.18. The minimum atomic E-state index is -0.473. The molecule has 0 aromatic rings. The molecule has 0 spiro atoms. The molecule has 0 aliphatic carbocycles. The van der Waals surface area contributed by atoms with Gasteiger partial charge in [-0.15, -0.1) is 0 Å². The number of hydrogen-bond donors (Lipinski definition) is 0. The molecule has 1 amide bonds. The van der Waals surface area contributed by atoms with Gasteiger partial charge in [0.1, 0.15) is 5.92 Å². The lowest BCUT2D eigenvalue weighted by atomic mass is 10.1. The van der Waals surface area contributed by atoms with E-state index in [0.29, 0.717) is 6.42 Å². The molecule has 0 N–H and O–H groups in total. The number of carbonyl (C=O) groups is 1. The fraction of sp³-hybridized carbons (Fsp3) is 0.818. The number of hydrogen-bond acceptors (Lipinski definition) is 2. The maximum Gasteiger partial charge on any atom is 0.239 e. The van der Waals surface area contributed by atoms with Gasteiger partial charge in [0.25, 0.3) is 0 Å². The minimum Gasteiger partial charge on any atom is -0.342 e. The van der Waals surface area contributed by atoms with Crippen molar-refractivity contribution in [2.24, 2.45) is 5.92 Å². The van der Waals surface area contributed by atoms with E-state index in [9.17, 15) is 4.79 Å². The van der Waals surface area contributed by atoms with E-state index in [1.54, 1.807) is 11.9 Å². The molecule has 3 heteroatoms. The maximum atomic E-state index is 11.7. The van der Waals surface area contributed by atoms with Gasteiger partial charge >= 0.3 is 0 Å². The van der Waals surface area contributed by atoms with Gasteiger partial charge in [-0.2, -0.15) is 5.26 Å². The molecule has 14 heavy (non-hydrogen) atoms. The Bertz CT molecular complexity index is 220. The molecular weight excluding hydrogens is 176 g/mol. The summed E-state index contributed by atoms with van der Waals surface area (Å²) in [6.45, 7) is 5.98. The molecule has 0 heterocycles. The second kappa shape index (κ2) is 6.42. The zero-order valence-corrected chi connectivity index (χ0v) is 9.58. The van der Waals surface area contributed by atoms with Crippen molar-refractivity contribution in [3.05, 3.63) is 0 Å². The van der Waals surface area contributed by atoms with Crippen LogP contribution in [-0.4, -0.2) is 23.9 Å². The Kier molecular flexibility index (Phi) is 5.94. The van der Waals surface area contributed by atoms with Gasteiger partial charge in [-0.05, 0) is 19.8 Å². The Morgan fingerprint density at radius 1 is 1.50 bits per heavy atom. The van der Waals surface area contributed by atoms with Crippen molar-refractivity contribution >= 4 is 5.91 Å². The van der Waals surface area contributed by atoms with Crippen molar-refractivity contribution in [3.8, 4) is 6.07 Å². The highest BCUT2D eigenvalue weighted by Crippen LogP contribution is 2.11. The van der Waals surface area contributed by atoms with E-state index in [2.05, 4.69) is 6.92 Å². The molecule has 0 aromatic heterocycles. The highest BCUT2D eigenvalue weighted by molar-refractivity contribution is 5.81. The van der Waals surface area contributed by atoms with Crippen molar-refractivity contribution < 1.29 is 4.79 Å². The minimum absolute atomic E-state index is 0.0454. The Morgan fingerprint density at radius 2 is 2.07 bits per heavy atom. The number of nitriles is 1. The molecular formula is C11H20N2O. The summed E-state index contributed by atoms with van der Waals surface area (Å²) in [5, 5.41) is 8.76. The molecule has 3 nitrogen and oxygen atoms in total. The highest BCUT2D eigenvalue weighted by Gasteiger charge is 2.22. The first-order valence-electron chi connectivity index (χ1n) is 5.24. The van der Waals surface area contributed by atoms with Crippen LogP contribution >= 0.6 is 0 Å². The van der Waals surface area contributed by atoms with Crippen LogP contribution in [-0.2, 0) is 4.79 Å². The Hall–Kier alpha value is -1.04. The van der Waals surface area contributed by atoms with E-state index in [1.165, 1.54) is 0 Å². The third-order valence-electron chi connectivity index (χ3n) is 2.58. The van der Waals surface area contributed by atoms with Crippen LogP contribution in [0.25, 0.3) is 0 Å². The van der Waals surface area contributed by atoms with E-state index in [0.717, 1.165) is 12.8 Å². The van der Waals surface area contributed by atoms with E-state index >= 15 is 0 Å².